The molecule has 0 rings (SSSR count). The van der Waals surface area contributed by atoms with Gasteiger partial charge in [-0.15, -0.1) is 0 Å². The Morgan fingerprint density at radius 2 is 1.62 bits per heavy atom. The molecule has 0 radical (unpaired) electrons. The van der Waals surface area contributed by atoms with Crippen LogP contribution in [0.3, 0.4) is 0 Å². The minimum atomic E-state index is -4.69. The molecule has 0 aliphatic heterocycles. The molecule has 3 nitrogen and oxygen atoms in total. The van der Waals surface area contributed by atoms with Crippen molar-refractivity contribution in [3.8, 4) is 0 Å². The summed E-state index contributed by atoms with van der Waals surface area (Å²) in [6.45, 7) is 0. The van der Waals surface area contributed by atoms with Gasteiger partial charge in [-0.1, -0.05) is 0 Å². The summed E-state index contributed by atoms with van der Waals surface area (Å²) in [5.74, 6) is 0. The molecule has 8 heavy (non-hydrogen) atoms. The van der Waals surface area contributed by atoms with E-state index >= 15 is 0 Å². The van der Waals surface area contributed by atoms with Gasteiger partial charge >= 0.3 is 3.26 Å². The predicted octanol–water partition coefficient (Wildman–Crippen LogP) is 0.260. The lowest BCUT2D eigenvalue weighted by Crippen LogP contribution is -2.28. The van der Waals surface area contributed by atoms with Crippen LogP contribution in [0.2, 0.25) is 0 Å². The second-order valence-electron chi connectivity index (χ2n) is 0.991. The van der Waals surface area contributed by atoms with E-state index in [1.54, 1.807) is 0 Å². The van der Waals surface area contributed by atoms with Gasteiger partial charge in [-0.2, -0.15) is 8.78 Å². The fraction of sp³-hybridized carbons (Fsp3) is 1.00. The summed E-state index contributed by atoms with van der Waals surface area (Å²) in [5, 5.41) is 4.03. The van der Waals surface area contributed by atoms with Crippen molar-refractivity contribution in [2.75, 3.05) is 0 Å². The van der Waals surface area contributed by atoms with E-state index in [1.807, 2.05) is 0 Å². The number of halogens is 3. The highest BCUT2D eigenvalue weighted by Crippen LogP contribution is 2.26. The first-order valence-electron chi connectivity index (χ1n) is 1.34. The van der Waals surface area contributed by atoms with Gasteiger partial charge in [0, 0.05) is 22.6 Å². The molecule has 0 aromatic heterocycles. The summed E-state index contributed by atoms with van der Waals surface area (Å²) in [6, 6.07) is 0. The molecule has 0 bridgehead atoms. The van der Waals surface area contributed by atoms with Gasteiger partial charge in [-0.25, -0.2) is 13.6 Å². The highest BCUT2D eigenvalue weighted by Gasteiger charge is 2.38. The summed E-state index contributed by atoms with van der Waals surface area (Å²) in [6.07, 6.45) is 0. The molecule has 0 saturated carbocycles. The van der Waals surface area contributed by atoms with Crippen molar-refractivity contribution < 1.29 is 17.2 Å². The van der Waals surface area contributed by atoms with Crippen molar-refractivity contribution >= 4 is 32.6 Å². The maximum Gasteiger partial charge on any atom is 0.407 e. The lowest BCUT2D eigenvalue weighted by molar-refractivity contribution is 0.215. The normalized spacial score (nSPS) is 14.0. The molecule has 0 unspecified atom stereocenters. The molecular weight excluding hydrogens is 255 g/mol. The van der Waals surface area contributed by atoms with Crippen molar-refractivity contribution in [3.63, 3.8) is 0 Å². The SMILES string of the molecule is NS(=O)(=O)C(F)(F)I. The lowest BCUT2D eigenvalue weighted by atomic mass is 11.7. The molecule has 0 spiro atoms. The third kappa shape index (κ3) is 2.18. The first kappa shape index (κ1) is 8.50. The van der Waals surface area contributed by atoms with Crippen LogP contribution in [-0.2, 0) is 10.0 Å². The fourth-order valence-corrected chi connectivity index (χ4v) is 0. The Hall–Kier alpha value is 0.500. The van der Waals surface area contributed by atoms with Crippen LogP contribution < -0.4 is 5.14 Å². The minimum absolute atomic E-state index is 0.437. The summed E-state index contributed by atoms with van der Waals surface area (Å²) in [4.78, 5) is 0. The summed E-state index contributed by atoms with van der Waals surface area (Å²) in [5.41, 5.74) is 0. The van der Waals surface area contributed by atoms with E-state index < -0.39 is 13.3 Å². The molecule has 0 saturated heterocycles. The van der Waals surface area contributed by atoms with Gasteiger partial charge in [-0.3, -0.25) is 0 Å². The Morgan fingerprint density at radius 1 is 1.50 bits per heavy atom. The molecule has 2 N–H and O–H groups in total. The average molecular weight is 257 g/mol. The van der Waals surface area contributed by atoms with Crippen LogP contribution in [0.15, 0.2) is 0 Å². The molecule has 0 aliphatic rings. The Bertz CT molecular complexity index is 169. The Balaban J connectivity index is 4.53. The molecule has 0 amide bonds. The van der Waals surface area contributed by atoms with Gasteiger partial charge in [0.15, 0.2) is 0 Å². The molecule has 7 heteroatoms. The first-order valence-corrected chi connectivity index (χ1v) is 3.97. The minimum Gasteiger partial charge on any atom is -0.223 e. The van der Waals surface area contributed by atoms with Crippen LogP contribution in [-0.4, -0.2) is 11.7 Å². The second kappa shape index (κ2) is 2.03. The number of sulfonamides is 1. The van der Waals surface area contributed by atoms with E-state index in [0.717, 1.165) is 0 Å². The summed E-state index contributed by atoms with van der Waals surface area (Å²) in [7, 11) is -4.69. The van der Waals surface area contributed by atoms with Crippen LogP contribution in [0.5, 0.6) is 0 Å². The molecule has 50 valence electrons. The molecule has 0 aliphatic carbocycles. The summed E-state index contributed by atoms with van der Waals surface area (Å²) < 4.78 is 38.5. The monoisotopic (exact) mass is 257 g/mol. The third-order valence-corrected chi connectivity index (χ3v) is 2.81. The van der Waals surface area contributed by atoms with Gasteiger partial charge in [0.2, 0.25) is 0 Å². The van der Waals surface area contributed by atoms with Crippen LogP contribution in [0, 0.1) is 0 Å². The van der Waals surface area contributed by atoms with E-state index in [9.17, 15) is 17.2 Å². The van der Waals surface area contributed by atoms with Crippen molar-refractivity contribution in [1.29, 1.82) is 0 Å². The first-order chi connectivity index (χ1) is 3.25. The highest BCUT2D eigenvalue weighted by atomic mass is 127. The van der Waals surface area contributed by atoms with E-state index in [4.69, 9.17) is 0 Å². The zero-order valence-electron chi connectivity index (χ0n) is 3.44. The Labute approximate surface area is 58.4 Å². The average Bonchev–Trinajstić information content (AvgIpc) is 1.25. The number of hydrogen-bond acceptors (Lipinski definition) is 2. The molecule has 0 heterocycles. The number of hydrogen-bond donors (Lipinski definition) is 1. The van der Waals surface area contributed by atoms with Crippen molar-refractivity contribution in [1.82, 2.24) is 0 Å². The van der Waals surface area contributed by atoms with Crippen LogP contribution in [0.25, 0.3) is 0 Å². The third-order valence-electron chi connectivity index (χ3n) is 0.323. The number of primary sulfonamides is 1. The van der Waals surface area contributed by atoms with Gasteiger partial charge < -0.3 is 0 Å². The number of alkyl halides is 3. The smallest absolute Gasteiger partial charge is 0.223 e. The van der Waals surface area contributed by atoms with Gasteiger partial charge in [0.05, 0.1) is 0 Å². The van der Waals surface area contributed by atoms with Gasteiger partial charge in [0.1, 0.15) is 0 Å². The molecule has 0 aromatic rings. The van der Waals surface area contributed by atoms with E-state index in [0.29, 0.717) is 22.6 Å². The quantitative estimate of drug-likeness (QED) is 0.541. The summed E-state index contributed by atoms with van der Waals surface area (Å²) >= 11 is 0.437. The van der Waals surface area contributed by atoms with E-state index in [2.05, 4.69) is 5.14 Å². The van der Waals surface area contributed by atoms with Crippen molar-refractivity contribution in [2.45, 2.75) is 3.26 Å². The maximum atomic E-state index is 11.5. The van der Waals surface area contributed by atoms with Crippen molar-refractivity contribution in [3.05, 3.63) is 0 Å². The van der Waals surface area contributed by atoms with Crippen LogP contribution in [0.1, 0.15) is 0 Å². The van der Waals surface area contributed by atoms with Crippen LogP contribution >= 0.6 is 22.6 Å². The van der Waals surface area contributed by atoms with Crippen LogP contribution in [0.4, 0.5) is 8.78 Å². The molecule has 0 atom stereocenters. The topological polar surface area (TPSA) is 60.2 Å². The second-order valence-corrected chi connectivity index (χ2v) is 4.68. The predicted molar refractivity (Wildman–Crippen MR) is 32.1 cm³/mol. The van der Waals surface area contributed by atoms with Gasteiger partial charge in [0.25, 0.3) is 10.0 Å². The van der Waals surface area contributed by atoms with Crippen molar-refractivity contribution in [2.24, 2.45) is 5.14 Å². The standard InChI is InChI=1S/CH2F2INO2S/c2-1(3,4)8(5,6)7/h(H2,5,6,7). The fourth-order valence-electron chi connectivity index (χ4n) is 0. The highest BCUT2D eigenvalue weighted by molar-refractivity contribution is 14.1. The van der Waals surface area contributed by atoms with E-state index in [1.165, 1.54) is 0 Å². The maximum absolute atomic E-state index is 11.5. The molecular formula is CH2F2INO2S. The van der Waals surface area contributed by atoms with E-state index in [-0.39, 0.29) is 0 Å². The zero-order chi connectivity index (χ0) is 7.00. The Kier molecular flexibility index (Phi) is 2.15. The lowest BCUT2D eigenvalue weighted by Gasteiger charge is -2.01. The van der Waals surface area contributed by atoms with Gasteiger partial charge in [-0.05, 0) is 0 Å². The zero-order valence-corrected chi connectivity index (χ0v) is 6.41. The number of rotatable bonds is 1. The molecule has 0 aromatic carbocycles. The molecule has 0 fully saturated rings. The number of nitrogens with two attached hydrogens (primary N) is 1. The Morgan fingerprint density at radius 3 is 1.62 bits per heavy atom. The largest absolute Gasteiger partial charge is 0.407 e.